The molecule has 8 amide bonds. The first-order valence-corrected chi connectivity index (χ1v) is 21.6. The van der Waals surface area contributed by atoms with Gasteiger partial charge in [-0.2, -0.15) is 25.3 Å². The molecule has 3 rings (SSSR count). The van der Waals surface area contributed by atoms with E-state index in [9.17, 15) is 48.3 Å². The molecule has 0 unspecified atom stereocenters. The lowest BCUT2D eigenvalue weighted by Crippen LogP contribution is -2.60. The van der Waals surface area contributed by atoms with Gasteiger partial charge in [0.15, 0.2) is 0 Å². The normalized spacial score (nSPS) is 16.3. The van der Waals surface area contributed by atoms with Gasteiger partial charge in [0.2, 0.25) is 47.3 Å². The highest BCUT2D eigenvalue weighted by atomic mass is 32.1. The molecule has 0 spiro atoms. The monoisotopic (exact) mass is 918 g/mol. The average Bonchev–Trinajstić information content (AvgIpc) is 3.98. The van der Waals surface area contributed by atoms with E-state index in [2.05, 4.69) is 67.1 Å². The van der Waals surface area contributed by atoms with Gasteiger partial charge in [-0.15, -0.1) is 0 Å². The number of H-pyrrole nitrogens is 1. The van der Waals surface area contributed by atoms with Crippen molar-refractivity contribution >= 4 is 78.5 Å². The van der Waals surface area contributed by atoms with Crippen LogP contribution in [-0.2, 0) is 56.0 Å². The van der Waals surface area contributed by atoms with Crippen LogP contribution in [0.25, 0.3) is 0 Å². The number of nitrogens with two attached hydrogens (primary N) is 3. The number of primary amides is 1. The Morgan fingerprint density at radius 2 is 1.46 bits per heavy atom. The highest BCUT2D eigenvalue weighted by Gasteiger charge is 2.38. The molecular weight excluding hydrogens is 861 g/mol. The van der Waals surface area contributed by atoms with Crippen molar-refractivity contribution in [3.8, 4) is 0 Å². The molecule has 1 saturated heterocycles. The molecule has 2 aromatic rings. The summed E-state index contributed by atoms with van der Waals surface area (Å²) >= 11 is 8.35. The maximum absolute atomic E-state index is 14.2. The van der Waals surface area contributed by atoms with E-state index in [-0.39, 0.29) is 43.6 Å². The Hall–Kier alpha value is -5.72. The number of aliphatic carboxylic acids is 1. The number of amides is 8. The molecule has 7 atom stereocenters. The van der Waals surface area contributed by atoms with E-state index >= 15 is 0 Å². The zero-order valence-corrected chi connectivity index (χ0v) is 36.4. The molecular formula is C39H58N12O10S2. The summed E-state index contributed by atoms with van der Waals surface area (Å²) in [6.07, 6.45) is 3.74. The van der Waals surface area contributed by atoms with E-state index in [0.29, 0.717) is 50.0 Å². The van der Waals surface area contributed by atoms with E-state index in [1.807, 2.05) is 0 Å². The maximum Gasteiger partial charge on any atom is 0.326 e. The zero-order chi connectivity index (χ0) is 46.5. The summed E-state index contributed by atoms with van der Waals surface area (Å²) < 4.78 is 0. The Balaban J connectivity index is 1.81. The number of hydrogen-bond acceptors (Lipinski definition) is 14. The highest BCUT2D eigenvalue weighted by Crippen LogP contribution is 2.19. The van der Waals surface area contributed by atoms with E-state index in [1.54, 1.807) is 30.3 Å². The van der Waals surface area contributed by atoms with Gasteiger partial charge in [0, 0.05) is 49.2 Å². The van der Waals surface area contributed by atoms with Gasteiger partial charge >= 0.3 is 5.97 Å². The predicted molar refractivity (Wildman–Crippen MR) is 234 cm³/mol. The smallest absolute Gasteiger partial charge is 0.326 e. The van der Waals surface area contributed by atoms with Crippen LogP contribution in [0.3, 0.4) is 0 Å². The van der Waals surface area contributed by atoms with Crippen LogP contribution in [0.15, 0.2) is 42.9 Å². The van der Waals surface area contributed by atoms with Gasteiger partial charge < -0.3 is 64.1 Å². The SMILES string of the molecule is NCCCC[C@H](NC(=O)CNC(=O)[C@H](CCC(N)=O)NC(=O)[C@H](Cc1cnc[nH]1)NC(=O)[C@H](Cc1ccccc1)NC(=O)[C@H](CS)NC(=O)[C@@H]1CCCN1C(=O)[C@@H](N)CS)C(=O)O. The number of imidazole rings is 1. The number of carboxylic acids is 1. The third-order valence-corrected chi connectivity index (χ3v) is 10.8. The van der Waals surface area contributed by atoms with Gasteiger partial charge in [-0.3, -0.25) is 38.4 Å². The topological polar surface area (TPSA) is 356 Å². The van der Waals surface area contributed by atoms with E-state index in [1.165, 1.54) is 17.4 Å². The Kier molecular flexibility index (Phi) is 21.9. The molecule has 14 N–H and O–H groups in total. The summed E-state index contributed by atoms with van der Waals surface area (Å²) in [5.41, 5.74) is 17.7. The van der Waals surface area contributed by atoms with Crippen LogP contribution < -0.4 is 49.1 Å². The van der Waals surface area contributed by atoms with Crippen LogP contribution in [0.2, 0.25) is 0 Å². The molecule has 1 aliphatic heterocycles. The number of rotatable bonds is 27. The van der Waals surface area contributed by atoms with Gasteiger partial charge in [0.05, 0.1) is 18.9 Å². The third-order valence-electron chi connectivity index (χ3n) is 10.0. The maximum atomic E-state index is 14.2. The quantitative estimate of drug-likeness (QED) is 0.0305. The molecule has 22 nitrogen and oxygen atoms in total. The van der Waals surface area contributed by atoms with Crippen LogP contribution in [-0.4, -0.2) is 147 Å². The van der Waals surface area contributed by atoms with E-state index in [4.69, 9.17) is 17.2 Å². The Morgan fingerprint density at radius 3 is 2.05 bits per heavy atom. The molecule has 346 valence electrons. The highest BCUT2D eigenvalue weighted by molar-refractivity contribution is 7.80. The first-order chi connectivity index (χ1) is 30.1. The molecule has 1 fully saturated rings. The van der Waals surface area contributed by atoms with Gasteiger partial charge in [-0.05, 0) is 50.6 Å². The molecule has 0 radical (unpaired) electrons. The van der Waals surface area contributed by atoms with Crippen LogP contribution in [0.1, 0.15) is 56.2 Å². The van der Waals surface area contributed by atoms with Gasteiger partial charge in [0.1, 0.15) is 36.3 Å². The number of hydrogen-bond donors (Lipinski definition) is 13. The first-order valence-electron chi connectivity index (χ1n) is 20.4. The van der Waals surface area contributed by atoms with Crippen LogP contribution in [0, 0.1) is 0 Å². The fraction of sp³-hybridized carbons (Fsp3) is 0.538. The van der Waals surface area contributed by atoms with Crippen molar-refractivity contribution in [3.63, 3.8) is 0 Å². The first kappa shape index (κ1) is 51.6. The number of nitrogens with zero attached hydrogens (tertiary/aromatic N) is 2. The molecule has 0 saturated carbocycles. The minimum absolute atomic E-state index is 0.0700. The molecule has 24 heteroatoms. The van der Waals surface area contributed by atoms with Gasteiger partial charge in [-0.1, -0.05) is 30.3 Å². The number of benzene rings is 1. The summed E-state index contributed by atoms with van der Waals surface area (Å²) in [6.45, 7) is -0.0440. The van der Waals surface area contributed by atoms with Crippen LogP contribution in [0.5, 0.6) is 0 Å². The Bertz CT molecular complexity index is 1880. The summed E-state index contributed by atoms with van der Waals surface area (Å²) in [4.78, 5) is 126. The van der Waals surface area contributed by atoms with Crippen molar-refractivity contribution in [1.29, 1.82) is 0 Å². The second-order valence-corrected chi connectivity index (χ2v) is 15.6. The summed E-state index contributed by atoms with van der Waals surface area (Å²) in [5, 5.41) is 24.6. The molecule has 0 bridgehead atoms. The third kappa shape index (κ3) is 17.2. The zero-order valence-electron chi connectivity index (χ0n) is 34.6. The Labute approximate surface area is 374 Å². The minimum atomic E-state index is -1.46. The van der Waals surface area contributed by atoms with E-state index < -0.39 is 102 Å². The fourth-order valence-corrected chi connectivity index (χ4v) is 7.01. The predicted octanol–water partition coefficient (Wildman–Crippen LogP) is -3.61. The Morgan fingerprint density at radius 1 is 0.810 bits per heavy atom. The average molecular weight is 919 g/mol. The number of likely N-dealkylation sites (tertiary alicyclic amines) is 1. The van der Waals surface area contributed by atoms with Crippen LogP contribution in [0.4, 0.5) is 0 Å². The lowest BCUT2D eigenvalue weighted by atomic mass is 10.0. The van der Waals surface area contributed by atoms with Crippen molar-refractivity contribution in [3.05, 3.63) is 54.1 Å². The molecule has 1 aromatic carbocycles. The lowest BCUT2D eigenvalue weighted by molar-refractivity contribution is -0.142. The molecule has 2 heterocycles. The summed E-state index contributed by atoms with van der Waals surface area (Å²) in [5.74, 6) is -7.53. The van der Waals surface area contributed by atoms with Crippen molar-refractivity contribution in [1.82, 2.24) is 46.8 Å². The standard InChI is InChI=1S/C39H58N12O10S2/c40-13-5-4-9-26(39(60)61)46-32(53)18-44-33(54)25(11-12-31(42)52)47-35(56)28(16-23-17-43-21-45-23)49-34(55)27(15-22-7-2-1-3-8-22)48-36(57)29(20-63)50-37(58)30-10-6-14-51(30)38(59)24(41)19-62/h1-3,7-8,17,21,24-30,62-63H,4-6,9-16,18-20,40-41H2,(H2,42,52)(H,43,45)(H,44,54)(H,46,53)(H,47,56)(H,48,57)(H,49,55)(H,50,58)(H,60,61)/t24-,25-,26-,27-,28-,29-,30-/m0/s1. The number of unbranched alkanes of at least 4 members (excludes halogenated alkanes) is 1. The van der Waals surface area contributed by atoms with Crippen molar-refractivity contribution < 1.29 is 48.3 Å². The molecule has 63 heavy (non-hydrogen) atoms. The molecule has 1 aliphatic rings. The number of nitrogens with one attached hydrogen (secondary N) is 7. The number of aromatic amines is 1. The second-order valence-electron chi connectivity index (χ2n) is 14.8. The lowest BCUT2D eigenvalue weighted by Gasteiger charge is -2.28. The number of carbonyl (C=O) groups is 9. The largest absolute Gasteiger partial charge is 0.480 e. The number of aromatic nitrogens is 2. The van der Waals surface area contributed by atoms with E-state index in [0.717, 1.165) is 0 Å². The summed E-state index contributed by atoms with van der Waals surface area (Å²) in [6, 6.07) is 0.0860. The van der Waals surface area contributed by atoms with Gasteiger partial charge in [-0.25, -0.2) is 9.78 Å². The van der Waals surface area contributed by atoms with Crippen LogP contribution >= 0.6 is 25.3 Å². The number of carbonyl (C=O) groups excluding carboxylic acids is 8. The summed E-state index contributed by atoms with van der Waals surface area (Å²) in [7, 11) is 0. The molecule has 0 aliphatic carbocycles. The number of thiol groups is 2. The van der Waals surface area contributed by atoms with Crippen molar-refractivity contribution in [2.24, 2.45) is 17.2 Å². The number of carboxylic acid groups (broad SMARTS) is 1. The minimum Gasteiger partial charge on any atom is -0.480 e. The second kappa shape index (κ2) is 26.7. The molecule has 1 aromatic heterocycles. The van der Waals surface area contributed by atoms with Crippen molar-refractivity contribution in [2.75, 3.05) is 31.1 Å². The van der Waals surface area contributed by atoms with Crippen molar-refractivity contribution in [2.45, 2.75) is 100 Å². The fourth-order valence-electron chi connectivity index (χ4n) is 6.60. The van der Waals surface area contributed by atoms with Gasteiger partial charge in [0.25, 0.3) is 0 Å².